The molecule has 23 heavy (non-hydrogen) atoms. The average Bonchev–Trinajstić information content (AvgIpc) is 2.97. The van der Waals surface area contributed by atoms with E-state index in [4.69, 9.17) is 0 Å². The highest BCUT2D eigenvalue weighted by Crippen LogP contribution is 2.37. The van der Waals surface area contributed by atoms with Gasteiger partial charge in [-0.25, -0.2) is 4.68 Å². The van der Waals surface area contributed by atoms with Gasteiger partial charge in [0, 0.05) is 12.0 Å². The summed E-state index contributed by atoms with van der Waals surface area (Å²) >= 11 is 0. The smallest absolute Gasteiger partial charge is 0.166 e. The summed E-state index contributed by atoms with van der Waals surface area (Å²) in [6.07, 6.45) is 2.16. The highest BCUT2D eigenvalue weighted by atomic mass is 16.3. The van der Waals surface area contributed by atoms with Crippen LogP contribution in [0.1, 0.15) is 28.9 Å². The number of carbonyl (C=O) groups is 1. The number of benzene rings is 2. The Morgan fingerprint density at radius 2 is 1.70 bits per heavy atom. The van der Waals surface area contributed by atoms with E-state index in [1.165, 1.54) is 0 Å². The van der Waals surface area contributed by atoms with Gasteiger partial charge in [0.05, 0.1) is 22.6 Å². The monoisotopic (exact) mass is 304 g/mol. The Hall–Kier alpha value is -2.88. The highest BCUT2D eigenvalue weighted by Gasteiger charge is 2.29. The van der Waals surface area contributed by atoms with Gasteiger partial charge < -0.3 is 5.11 Å². The summed E-state index contributed by atoms with van der Waals surface area (Å²) in [6.45, 7) is 0. The molecule has 1 aromatic heterocycles. The molecule has 1 heterocycles. The summed E-state index contributed by atoms with van der Waals surface area (Å²) in [5.74, 6) is 0.262. The minimum atomic E-state index is 0.103. The van der Waals surface area contributed by atoms with Crippen molar-refractivity contribution >= 4 is 5.78 Å². The molecule has 4 heteroatoms. The number of Topliss-reactive ketones (excluding diaryl/α,β-unsaturated/α-hetero) is 1. The standard InChI is InChI=1S/C19H16N2O2/c22-16-11-5-4-9-14(16)19-18-15(10-6-12-17(18)23)20-21(19)13-7-2-1-3-8-13/h1-5,7-9,11,22H,6,10,12H2. The Morgan fingerprint density at radius 1 is 0.957 bits per heavy atom. The van der Waals surface area contributed by atoms with Crippen LogP contribution in [0.25, 0.3) is 16.9 Å². The van der Waals surface area contributed by atoms with E-state index in [1.54, 1.807) is 16.8 Å². The lowest BCUT2D eigenvalue weighted by molar-refractivity contribution is 0.0973. The molecule has 0 fully saturated rings. The predicted octanol–water partition coefficient (Wildman–Crippen LogP) is 3.76. The maximum absolute atomic E-state index is 12.5. The van der Waals surface area contributed by atoms with Crippen molar-refractivity contribution in [1.29, 1.82) is 0 Å². The number of aromatic nitrogens is 2. The molecule has 0 spiro atoms. The van der Waals surface area contributed by atoms with Crippen LogP contribution < -0.4 is 0 Å². The zero-order valence-electron chi connectivity index (χ0n) is 12.6. The summed E-state index contributed by atoms with van der Waals surface area (Å²) in [7, 11) is 0. The first-order chi connectivity index (χ1) is 11.3. The zero-order valence-corrected chi connectivity index (χ0v) is 12.6. The van der Waals surface area contributed by atoms with Crippen molar-refractivity contribution in [2.45, 2.75) is 19.3 Å². The quantitative estimate of drug-likeness (QED) is 0.784. The Morgan fingerprint density at radius 3 is 2.48 bits per heavy atom. The maximum atomic E-state index is 12.5. The molecule has 0 atom stereocenters. The van der Waals surface area contributed by atoms with E-state index in [2.05, 4.69) is 5.10 Å². The number of aryl methyl sites for hydroxylation is 1. The number of nitrogens with zero attached hydrogens (tertiary/aromatic N) is 2. The summed E-state index contributed by atoms with van der Waals surface area (Å²) in [4.78, 5) is 12.5. The average molecular weight is 304 g/mol. The van der Waals surface area contributed by atoms with Crippen molar-refractivity contribution in [2.24, 2.45) is 0 Å². The topological polar surface area (TPSA) is 55.1 Å². The minimum absolute atomic E-state index is 0.103. The molecule has 0 saturated carbocycles. The number of hydrogen-bond acceptors (Lipinski definition) is 3. The molecule has 0 unspecified atom stereocenters. The number of phenols is 1. The fourth-order valence-electron chi connectivity index (χ4n) is 3.15. The first kappa shape index (κ1) is 13.8. The Balaban J connectivity index is 2.04. The van der Waals surface area contributed by atoms with Crippen LogP contribution in [0.4, 0.5) is 0 Å². The molecule has 0 amide bonds. The van der Waals surface area contributed by atoms with Crippen LogP contribution in [-0.2, 0) is 6.42 Å². The lowest BCUT2D eigenvalue weighted by Crippen LogP contribution is -2.10. The molecule has 1 aliphatic carbocycles. The van der Waals surface area contributed by atoms with E-state index >= 15 is 0 Å². The first-order valence-electron chi connectivity index (χ1n) is 7.74. The van der Waals surface area contributed by atoms with Crippen molar-refractivity contribution in [3.63, 3.8) is 0 Å². The number of ketones is 1. The molecule has 0 bridgehead atoms. The van der Waals surface area contributed by atoms with Crippen LogP contribution in [0.15, 0.2) is 54.6 Å². The van der Waals surface area contributed by atoms with Gasteiger partial charge in [-0.1, -0.05) is 30.3 Å². The largest absolute Gasteiger partial charge is 0.507 e. The van der Waals surface area contributed by atoms with Gasteiger partial charge in [-0.15, -0.1) is 0 Å². The summed E-state index contributed by atoms with van der Waals surface area (Å²) < 4.78 is 1.78. The second-order valence-electron chi connectivity index (χ2n) is 5.71. The van der Waals surface area contributed by atoms with E-state index in [-0.39, 0.29) is 11.5 Å². The fourth-order valence-corrected chi connectivity index (χ4v) is 3.15. The lowest BCUT2D eigenvalue weighted by atomic mass is 9.92. The SMILES string of the molecule is O=C1CCCc2nn(-c3ccccc3)c(-c3ccccc3O)c21. The first-order valence-corrected chi connectivity index (χ1v) is 7.74. The third-order valence-corrected chi connectivity index (χ3v) is 4.21. The lowest BCUT2D eigenvalue weighted by Gasteiger charge is -2.12. The molecule has 3 aromatic rings. The van der Waals surface area contributed by atoms with E-state index in [9.17, 15) is 9.90 Å². The van der Waals surface area contributed by atoms with Crippen LogP contribution in [0.5, 0.6) is 5.75 Å². The van der Waals surface area contributed by atoms with Gasteiger partial charge in [0.2, 0.25) is 0 Å². The van der Waals surface area contributed by atoms with Gasteiger partial charge in [-0.05, 0) is 37.1 Å². The Bertz CT molecular complexity index is 882. The third kappa shape index (κ3) is 2.23. The van der Waals surface area contributed by atoms with Gasteiger partial charge >= 0.3 is 0 Å². The molecule has 1 aliphatic rings. The Labute approximate surface area is 134 Å². The molecular weight excluding hydrogens is 288 g/mol. The van der Waals surface area contributed by atoms with Crippen molar-refractivity contribution in [3.8, 4) is 22.7 Å². The number of rotatable bonds is 2. The number of carbonyl (C=O) groups excluding carboxylic acids is 1. The van der Waals surface area contributed by atoms with E-state index in [1.807, 2.05) is 42.5 Å². The van der Waals surface area contributed by atoms with E-state index in [0.29, 0.717) is 23.2 Å². The van der Waals surface area contributed by atoms with E-state index in [0.717, 1.165) is 24.2 Å². The fraction of sp³-hybridized carbons (Fsp3) is 0.158. The third-order valence-electron chi connectivity index (χ3n) is 4.21. The van der Waals surface area contributed by atoms with Crippen LogP contribution in [0.3, 0.4) is 0 Å². The van der Waals surface area contributed by atoms with Crippen molar-refractivity contribution in [2.75, 3.05) is 0 Å². The second kappa shape index (κ2) is 5.39. The number of fused-ring (bicyclic) bond motifs is 1. The molecule has 0 radical (unpaired) electrons. The second-order valence-corrected chi connectivity index (χ2v) is 5.71. The van der Waals surface area contributed by atoms with E-state index < -0.39 is 0 Å². The number of para-hydroxylation sites is 2. The van der Waals surface area contributed by atoms with Gasteiger partial charge in [0.15, 0.2) is 5.78 Å². The van der Waals surface area contributed by atoms with Crippen molar-refractivity contribution < 1.29 is 9.90 Å². The van der Waals surface area contributed by atoms with Gasteiger partial charge in [-0.3, -0.25) is 4.79 Å². The molecule has 1 N–H and O–H groups in total. The zero-order chi connectivity index (χ0) is 15.8. The normalized spacial score (nSPS) is 13.8. The number of aromatic hydroxyl groups is 1. The molecule has 2 aromatic carbocycles. The van der Waals surface area contributed by atoms with Crippen molar-refractivity contribution in [1.82, 2.24) is 9.78 Å². The predicted molar refractivity (Wildman–Crippen MR) is 87.9 cm³/mol. The summed E-state index contributed by atoms with van der Waals surface area (Å²) in [6, 6.07) is 16.8. The molecule has 4 rings (SSSR count). The molecule has 114 valence electrons. The maximum Gasteiger partial charge on any atom is 0.166 e. The number of hydrogen-bond donors (Lipinski definition) is 1. The summed E-state index contributed by atoms with van der Waals surface area (Å²) in [5, 5.41) is 15.0. The van der Waals surface area contributed by atoms with Crippen LogP contribution in [-0.4, -0.2) is 20.7 Å². The van der Waals surface area contributed by atoms with Gasteiger partial charge in [-0.2, -0.15) is 5.10 Å². The van der Waals surface area contributed by atoms with Crippen LogP contribution in [0, 0.1) is 0 Å². The Kier molecular flexibility index (Phi) is 3.23. The van der Waals surface area contributed by atoms with Gasteiger partial charge in [0.1, 0.15) is 5.75 Å². The summed E-state index contributed by atoms with van der Waals surface area (Å²) in [5.41, 5.74) is 3.69. The highest BCUT2D eigenvalue weighted by molar-refractivity contribution is 6.04. The molecule has 0 aliphatic heterocycles. The van der Waals surface area contributed by atoms with Gasteiger partial charge in [0.25, 0.3) is 0 Å². The molecule has 4 nitrogen and oxygen atoms in total. The molecule has 0 saturated heterocycles. The minimum Gasteiger partial charge on any atom is -0.507 e. The molecular formula is C19H16N2O2. The number of phenolic OH excluding ortho intramolecular Hbond substituents is 1. The van der Waals surface area contributed by atoms with Crippen molar-refractivity contribution in [3.05, 3.63) is 65.9 Å². The van der Waals surface area contributed by atoms with Crippen LogP contribution in [0.2, 0.25) is 0 Å². The van der Waals surface area contributed by atoms with Crippen LogP contribution >= 0.6 is 0 Å².